The number of hydrogen-bond donors (Lipinski definition) is 1. The molecule has 1 aromatic carbocycles. The summed E-state index contributed by atoms with van der Waals surface area (Å²) in [6.45, 7) is 0.741. The van der Waals surface area contributed by atoms with Crippen molar-refractivity contribution < 1.29 is 18.1 Å². The van der Waals surface area contributed by atoms with Gasteiger partial charge in [0.2, 0.25) is 10.0 Å². The molecule has 1 aromatic rings. The topological polar surface area (TPSA) is 98.5 Å². The summed E-state index contributed by atoms with van der Waals surface area (Å²) in [6, 6.07) is 3.31. The number of hydrogen-bond acceptors (Lipinski definition) is 5. The molecule has 1 fully saturated rings. The average molecular weight is 335 g/mol. The smallest absolute Gasteiger partial charge is 0.270 e. The van der Waals surface area contributed by atoms with Gasteiger partial charge in [0.05, 0.1) is 16.0 Å². The fourth-order valence-corrected chi connectivity index (χ4v) is 3.64. The van der Waals surface area contributed by atoms with E-state index in [0.717, 1.165) is 31.4 Å². The van der Waals surface area contributed by atoms with Crippen LogP contribution in [0.1, 0.15) is 19.3 Å². The van der Waals surface area contributed by atoms with E-state index in [2.05, 4.69) is 4.72 Å². The zero-order chi connectivity index (χ0) is 15.5. The highest BCUT2D eigenvalue weighted by Crippen LogP contribution is 2.26. The number of halogens is 1. The third-order valence-corrected chi connectivity index (χ3v) is 5.10. The van der Waals surface area contributed by atoms with Crippen molar-refractivity contribution in [3.63, 3.8) is 0 Å². The first kappa shape index (κ1) is 16.2. The number of nitro benzene ring substituents is 1. The second-order valence-corrected chi connectivity index (χ2v) is 6.85. The number of nitrogens with one attached hydrogen (secondary N) is 1. The molecule has 116 valence electrons. The Hall–Kier alpha value is -1.22. The molecule has 0 bridgehead atoms. The first-order valence-corrected chi connectivity index (χ1v) is 8.31. The molecule has 21 heavy (non-hydrogen) atoms. The van der Waals surface area contributed by atoms with E-state index in [4.69, 9.17) is 16.3 Å². The average Bonchev–Trinajstić information content (AvgIpc) is 2.46. The zero-order valence-corrected chi connectivity index (χ0v) is 12.7. The van der Waals surface area contributed by atoms with E-state index in [0.29, 0.717) is 6.61 Å². The molecular formula is C12H15ClN2O5S. The van der Waals surface area contributed by atoms with Gasteiger partial charge in [-0.05, 0) is 25.3 Å². The quantitative estimate of drug-likeness (QED) is 0.656. The molecule has 1 aliphatic heterocycles. The minimum absolute atomic E-state index is 0.0577. The molecule has 1 N–H and O–H groups in total. The van der Waals surface area contributed by atoms with Crippen LogP contribution in [-0.2, 0) is 14.8 Å². The molecule has 1 saturated heterocycles. The van der Waals surface area contributed by atoms with Gasteiger partial charge in [0, 0.05) is 25.3 Å². The number of benzene rings is 1. The molecule has 0 spiro atoms. The molecule has 2 rings (SSSR count). The maximum Gasteiger partial charge on any atom is 0.270 e. The van der Waals surface area contributed by atoms with E-state index >= 15 is 0 Å². The summed E-state index contributed by atoms with van der Waals surface area (Å²) in [4.78, 5) is 9.76. The van der Waals surface area contributed by atoms with Crippen LogP contribution in [0, 0.1) is 10.1 Å². The number of nitro groups is 1. The Morgan fingerprint density at radius 1 is 1.43 bits per heavy atom. The van der Waals surface area contributed by atoms with Crippen molar-refractivity contribution in [3.05, 3.63) is 33.3 Å². The molecule has 1 aliphatic rings. The molecule has 1 unspecified atom stereocenters. The van der Waals surface area contributed by atoms with Gasteiger partial charge in [-0.15, -0.1) is 0 Å². The Morgan fingerprint density at radius 2 is 2.19 bits per heavy atom. The summed E-state index contributed by atoms with van der Waals surface area (Å²) in [7, 11) is -3.91. The number of ether oxygens (including phenoxy) is 1. The van der Waals surface area contributed by atoms with Crippen molar-refractivity contribution >= 4 is 27.3 Å². The number of sulfonamides is 1. The summed E-state index contributed by atoms with van der Waals surface area (Å²) in [5.74, 6) is 0. The van der Waals surface area contributed by atoms with Crippen LogP contribution in [0.5, 0.6) is 0 Å². The molecule has 0 saturated carbocycles. The van der Waals surface area contributed by atoms with Gasteiger partial charge in [-0.25, -0.2) is 13.1 Å². The van der Waals surface area contributed by atoms with Crippen molar-refractivity contribution in [2.75, 3.05) is 13.2 Å². The molecule has 0 aromatic heterocycles. The molecule has 0 aliphatic carbocycles. The first-order chi connectivity index (χ1) is 9.90. The monoisotopic (exact) mass is 334 g/mol. The summed E-state index contributed by atoms with van der Waals surface area (Å²) in [5, 5.41) is 10.7. The summed E-state index contributed by atoms with van der Waals surface area (Å²) in [5.41, 5.74) is -0.325. The SMILES string of the molecule is O=[N+]([O-])c1ccc(Cl)c(S(=O)(=O)NCC2CCCCO2)c1. The maximum absolute atomic E-state index is 12.2. The fourth-order valence-electron chi connectivity index (χ4n) is 2.06. The Balaban J connectivity index is 2.14. The van der Waals surface area contributed by atoms with Gasteiger partial charge in [0.15, 0.2) is 0 Å². The first-order valence-electron chi connectivity index (χ1n) is 6.45. The Labute approximate surface area is 127 Å². The van der Waals surface area contributed by atoms with Crippen LogP contribution < -0.4 is 4.72 Å². The predicted molar refractivity (Wildman–Crippen MR) is 76.9 cm³/mol. The highest BCUT2D eigenvalue weighted by Gasteiger charge is 2.23. The van der Waals surface area contributed by atoms with Crippen molar-refractivity contribution in [2.24, 2.45) is 0 Å². The molecule has 0 amide bonds. The molecule has 0 radical (unpaired) electrons. The predicted octanol–water partition coefficient (Wildman–Crippen LogP) is 2.10. The van der Waals surface area contributed by atoms with Crippen molar-refractivity contribution in [1.29, 1.82) is 0 Å². The highest BCUT2D eigenvalue weighted by molar-refractivity contribution is 7.89. The van der Waals surface area contributed by atoms with Crippen LogP contribution in [0.25, 0.3) is 0 Å². The van der Waals surface area contributed by atoms with E-state index in [1.807, 2.05) is 0 Å². The normalized spacial score (nSPS) is 19.4. The van der Waals surface area contributed by atoms with E-state index in [1.165, 1.54) is 6.07 Å². The van der Waals surface area contributed by atoms with Gasteiger partial charge in [-0.2, -0.15) is 0 Å². The Kier molecular flexibility index (Phi) is 5.15. The lowest BCUT2D eigenvalue weighted by molar-refractivity contribution is -0.385. The van der Waals surface area contributed by atoms with Gasteiger partial charge < -0.3 is 4.74 Å². The van der Waals surface area contributed by atoms with Gasteiger partial charge in [-0.3, -0.25) is 10.1 Å². The third kappa shape index (κ3) is 4.13. The second kappa shape index (κ2) is 6.69. The minimum atomic E-state index is -3.91. The van der Waals surface area contributed by atoms with Gasteiger partial charge >= 0.3 is 0 Å². The van der Waals surface area contributed by atoms with Crippen molar-refractivity contribution in [1.82, 2.24) is 4.72 Å². The molecular weight excluding hydrogens is 320 g/mol. The number of nitrogens with zero attached hydrogens (tertiary/aromatic N) is 1. The molecule has 1 atom stereocenters. The van der Waals surface area contributed by atoms with Gasteiger partial charge in [0.25, 0.3) is 5.69 Å². The second-order valence-electron chi connectivity index (χ2n) is 4.71. The molecule has 7 nitrogen and oxygen atoms in total. The van der Waals surface area contributed by atoms with Crippen LogP contribution >= 0.6 is 11.6 Å². The molecule has 9 heteroatoms. The maximum atomic E-state index is 12.2. The summed E-state index contributed by atoms with van der Waals surface area (Å²) >= 11 is 5.83. The van der Waals surface area contributed by atoms with E-state index in [-0.39, 0.29) is 28.3 Å². The lowest BCUT2D eigenvalue weighted by atomic mass is 10.1. The van der Waals surface area contributed by atoms with Crippen molar-refractivity contribution in [3.8, 4) is 0 Å². The van der Waals surface area contributed by atoms with Crippen molar-refractivity contribution in [2.45, 2.75) is 30.3 Å². The lowest BCUT2D eigenvalue weighted by Gasteiger charge is -2.22. The van der Waals surface area contributed by atoms with Gasteiger partial charge in [0.1, 0.15) is 4.90 Å². The largest absolute Gasteiger partial charge is 0.377 e. The number of rotatable bonds is 5. The van der Waals surface area contributed by atoms with Crippen LogP contribution in [0.4, 0.5) is 5.69 Å². The Morgan fingerprint density at radius 3 is 2.81 bits per heavy atom. The summed E-state index contributed by atoms with van der Waals surface area (Å²) < 4.78 is 32.2. The third-order valence-electron chi connectivity index (χ3n) is 3.19. The number of non-ortho nitro benzene ring substituents is 1. The van der Waals surface area contributed by atoms with Crippen LogP contribution in [-0.4, -0.2) is 32.6 Å². The highest BCUT2D eigenvalue weighted by atomic mass is 35.5. The minimum Gasteiger partial charge on any atom is -0.377 e. The molecule has 1 heterocycles. The Bertz CT molecular complexity index is 629. The van der Waals surface area contributed by atoms with E-state index in [9.17, 15) is 18.5 Å². The fraction of sp³-hybridized carbons (Fsp3) is 0.500. The lowest BCUT2D eigenvalue weighted by Crippen LogP contribution is -2.35. The van der Waals surface area contributed by atoms with Crippen LogP contribution in [0.3, 0.4) is 0 Å². The van der Waals surface area contributed by atoms with E-state index < -0.39 is 14.9 Å². The van der Waals surface area contributed by atoms with Crippen LogP contribution in [0.15, 0.2) is 23.1 Å². The van der Waals surface area contributed by atoms with Gasteiger partial charge in [-0.1, -0.05) is 11.6 Å². The zero-order valence-electron chi connectivity index (χ0n) is 11.1. The van der Waals surface area contributed by atoms with E-state index in [1.54, 1.807) is 0 Å². The standard InChI is InChI=1S/C12H15ClN2O5S/c13-11-5-4-9(15(16)17)7-12(11)21(18,19)14-8-10-3-1-2-6-20-10/h4-5,7,10,14H,1-3,6,8H2. The summed E-state index contributed by atoms with van der Waals surface area (Å²) in [6.07, 6.45) is 2.57. The van der Waals surface area contributed by atoms with Crippen LogP contribution in [0.2, 0.25) is 5.02 Å².